The highest BCUT2D eigenvalue weighted by atomic mass is 16.7. The number of carbonyl (C=O) groups is 5. The van der Waals surface area contributed by atoms with Crippen molar-refractivity contribution in [3.63, 3.8) is 0 Å². The van der Waals surface area contributed by atoms with Crippen molar-refractivity contribution in [1.82, 2.24) is 4.90 Å². The molecule has 0 saturated carbocycles. The number of hydrogen-bond acceptors (Lipinski definition) is 10. The number of nitrogens with zero attached hydrogens (tertiary/aromatic N) is 2. The number of carbonyl (C=O) groups excluding carboxylic acids is 3. The normalized spacial score (nSPS) is 16.0. The van der Waals surface area contributed by atoms with Crippen molar-refractivity contribution >= 4 is 35.7 Å². The lowest BCUT2D eigenvalue weighted by molar-refractivity contribution is -0.172. The minimum absolute atomic E-state index is 0.0247. The number of rotatable bonds is 11. The number of aliphatic carboxylic acids is 2. The first kappa shape index (κ1) is 27.4. The Morgan fingerprint density at radius 3 is 2.40 bits per heavy atom. The fourth-order valence-electron chi connectivity index (χ4n) is 3.51. The predicted molar refractivity (Wildman–Crippen MR) is 118 cm³/mol. The molecular formula is C22H28N2O11. The van der Waals surface area contributed by atoms with Gasteiger partial charge in [0.05, 0.1) is 32.2 Å². The van der Waals surface area contributed by atoms with Gasteiger partial charge in [0.25, 0.3) is 0 Å². The minimum atomic E-state index is -2.86. The van der Waals surface area contributed by atoms with Crippen LogP contribution in [0.25, 0.3) is 0 Å². The van der Waals surface area contributed by atoms with Crippen LogP contribution in [-0.2, 0) is 28.8 Å². The molecule has 1 amide bonds. The first-order valence-corrected chi connectivity index (χ1v) is 10.7. The fourth-order valence-corrected chi connectivity index (χ4v) is 3.51. The summed E-state index contributed by atoms with van der Waals surface area (Å²) in [6, 6.07) is 4.67. The van der Waals surface area contributed by atoms with Crippen LogP contribution >= 0.6 is 0 Å². The standard InChI is InChI=1S/C22H28N2O11/c1-4-23(2)21(31)34-15-7-5-6-14-19(15)13(8-9-17(27)33-3)12-24(14)35-18(28)11-22(32,20(29)30)10-16(25)26/h5-7,13,32H,4,8-12H2,1-3H3,(H,25,26)(H,29,30). The van der Waals surface area contributed by atoms with E-state index in [0.29, 0.717) is 17.8 Å². The summed E-state index contributed by atoms with van der Waals surface area (Å²) in [5, 5.41) is 29.3. The van der Waals surface area contributed by atoms with Gasteiger partial charge in [-0.05, 0) is 25.5 Å². The van der Waals surface area contributed by atoms with Crippen molar-refractivity contribution in [2.45, 2.75) is 44.1 Å². The van der Waals surface area contributed by atoms with Crippen molar-refractivity contribution < 1.29 is 53.6 Å². The minimum Gasteiger partial charge on any atom is -0.481 e. The number of esters is 1. The summed E-state index contributed by atoms with van der Waals surface area (Å²) in [4.78, 5) is 65.4. The third-order valence-corrected chi connectivity index (χ3v) is 5.50. The molecule has 0 aromatic heterocycles. The molecule has 2 atom stereocenters. The van der Waals surface area contributed by atoms with Gasteiger partial charge in [-0.1, -0.05) is 6.07 Å². The molecule has 1 heterocycles. The van der Waals surface area contributed by atoms with Crippen molar-refractivity contribution in [3.8, 4) is 5.75 Å². The first-order valence-electron chi connectivity index (χ1n) is 10.7. The predicted octanol–water partition coefficient (Wildman–Crippen LogP) is 1.13. The maximum atomic E-state index is 12.5. The Bertz CT molecular complexity index is 996. The van der Waals surface area contributed by atoms with Gasteiger partial charge in [0.2, 0.25) is 0 Å². The van der Waals surface area contributed by atoms with E-state index in [1.807, 2.05) is 0 Å². The van der Waals surface area contributed by atoms with Gasteiger partial charge in [0.15, 0.2) is 5.60 Å². The first-order chi connectivity index (χ1) is 16.4. The quantitative estimate of drug-likeness (QED) is 0.372. The summed E-state index contributed by atoms with van der Waals surface area (Å²) >= 11 is 0. The van der Waals surface area contributed by atoms with Gasteiger partial charge in [-0.15, -0.1) is 0 Å². The number of carboxylic acid groups (broad SMARTS) is 2. The molecule has 0 bridgehead atoms. The maximum absolute atomic E-state index is 12.5. The molecule has 0 fully saturated rings. The summed E-state index contributed by atoms with van der Waals surface area (Å²) in [6.45, 7) is 2.19. The summed E-state index contributed by atoms with van der Waals surface area (Å²) in [7, 11) is 2.79. The zero-order valence-corrected chi connectivity index (χ0v) is 19.6. The molecule has 192 valence electrons. The Morgan fingerprint density at radius 1 is 1.14 bits per heavy atom. The summed E-state index contributed by atoms with van der Waals surface area (Å²) < 4.78 is 10.2. The van der Waals surface area contributed by atoms with Gasteiger partial charge in [-0.3, -0.25) is 9.59 Å². The van der Waals surface area contributed by atoms with Crippen molar-refractivity contribution in [2.75, 3.05) is 32.3 Å². The highest BCUT2D eigenvalue weighted by molar-refractivity contribution is 5.89. The zero-order chi connectivity index (χ0) is 26.3. The number of anilines is 1. The summed E-state index contributed by atoms with van der Waals surface area (Å²) in [6.07, 6.45) is -2.67. The third-order valence-electron chi connectivity index (χ3n) is 5.50. The number of aliphatic hydroxyl groups is 1. The summed E-state index contributed by atoms with van der Waals surface area (Å²) in [5.74, 6) is -5.41. The van der Waals surface area contributed by atoms with Crippen LogP contribution < -0.4 is 9.80 Å². The SMILES string of the molecule is CCN(C)C(=O)Oc1cccc2c1C(CCC(=O)OC)CN2OC(=O)CC(O)(CC(=O)O)C(=O)O. The van der Waals surface area contributed by atoms with Gasteiger partial charge in [-0.2, -0.15) is 0 Å². The molecule has 13 nitrogen and oxygen atoms in total. The van der Waals surface area contributed by atoms with Crippen LogP contribution in [-0.4, -0.2) is 83.0 Å². The topological polar surface area (TPSA) is 180 Å². The monoisotopic (exact) mass is 496 g/mol. The van der Waals surface area contributed by atoms with E-state index in [4.69, 9.17) is 14.7 Å². The fraction of sp³-hybridized carbons (Fsp3) is 0.500. The van der Waals surface area contributed by atoms with E-state index in [-0.39, 0.29) is 25.1 Å². The smallest absolute Gasteiger partial charge is 0.414 e. The highest BCUT2D eigenvalue weighted by Crippen LogP contribution is 2.44. The third kappa shape index (κ3) is 6.82. The Labute approximate surface area is 200 Å². The number of methoxy groups -OCH3 is 1. The van der Waals surface area contributed by atoms with E-state index in [2.05, 4.69) is 4.74 Å². The second-order valence-electron chi connectivity index (χ2n) is 7.99. The van der Waals surface area contributed by atoms with E-state index in [9.17, 15) is 34.2 Å². The number of carboxylic acids is 2. The largest absolute Gasteiger partial charge is 0.481 e. The summed E-state index contributed by atoms with van der Waals surface area (Å²) in [5.41, 5.74) is -2.05. The second-order valence-corrected chi connectivity index (χ2v) is 7.99. The molecule has 13 heteroatoms. The van der Waals surface area contributed by atoms with Crippen molar-refractivity contribution in [1.29, 1.82) is 0 Å². The van der Waals surface area contributed by atoms with E-state index >= 15 is 0 Å². The van der Waals surface area contributed by atoms with Crippen LogP contribution in [0.3, 0.4) is 0 Å². The number of hydroxylamine groups is 1. The number of hydrogen-bond donors (Lipinski definition) is 3. The maximum Gasteiger partial charge on any atom is 0.414 e. The molecule has 0 saturated heterocycles. The van der Waals surface area contributed by atoms with E-state index in [0.717, 1.165) is 5.06 Å². The molecule has 0 spiro atoms. The molecule has 1 aromatic carbocycles. The van der Waals surface area contributed by atoms with Crippen molar-refractivity contribution in [2.24, 2.45) is 0 Å². The Hall–Kier alpha value is -3.87. The number of ether oxygens (including phenoxy) is 2. The molecule has 1 aromatic rings. The molecule has 2 unspecified atom stereocenters. The number of benzene rings is 1. The van der Waals surface area contributed by atoms with Gasteiger partial charge in [0.1, 0.15) is 5.75 Å². The molecule has 0 radical (unpaired) electrons. The molecule has 1 aliphatic rings. The van der Waals surface area contributed by atoms with Gasteiger partial charge >= 0.3 is 30.0 Å². The lowest BCUT2D eigenvalue weighted by Gasteiger charge is -2.23. The lowest BCUT2D eigenvalue weighted by atomic mass is 9.95. The van der Waals surface area contributed by atoms with E-state index in [1.54, 1.807) is 32.2 Å². The van der Waals surface area contributed by atoms with Gasteiger partial charge < -0.3 is 34.5 Å². The Kier molecular flexibility index (Phi) is 9.00. The Morgan fingerprint density at radius 2 is 1.83 bits per heavy atom. The van der Waals surface area contributed by atoms with Crippen LogP contribution in [0.1, 0.15) is 44.1 Å². The zero-order valence-electron chi connectivity index (χ0n) is 19.6. The molecule has 2 rings (SSSR count). The average Bonchev–Trinajstić information content (AvgIpc) is 3.14. The van der Waals surface area contributed by atoms with E-state index in [1.165, 1.54) is 12.0 Å². The number of amides is 1. The Balaban J connectivity index is 2.31. The lowest BCUT2D eigenvalue weighted by Crippen LogP contribution is -2.44. The molecule has 1 aliphatic heterocycles. The molecule has 3 N–H and O–H groups in total. The molecule has 35 heavy (non-hydrogen) atoms. The van der Waals surface area contributed by atoms with Crippen LogP contribution in [0.15, 0.2) is 18.2 Å². The van der Waals surface area contributed by atoms with Crippen LogP contribution in [0.4, 0.5) is 10.5 Å². The van der Waals surface area contributed by atoms with Crippen LogP contribution in [0.2, 0.25) is 0 Å². The molecule has 0 aliphatic carbocycles. The van der Waals surface area contributed by atoms with Crippen molar-refractivity contribution in [3.05, 3.63) is 23.8 Å². The second kappa shape index (κ2) is 11.5. The number of fused-ring (bicyclic) bond motifs is 1. The van der Waals surface area contributed by atoms with Gasteiger partial charge in [-0.25, -0.2) is 19.4 Å². The van der Waals surface area contributed by atoms with Crippen LogP contribution in [0, 0.1) is 0 Å². The molecular weight excluding hydrogens is 468 g/mol. The average molecular weight is 496 g/mol. The van der Waals surface area contributed by atoms with Crippen LogP contribution in [0.5, 0.6) is 5.75 Å². The van der Waals surface area contributed by atoms with Gasteiger partial charge in [0, 0.05) is 31.5 Å². The van der Waals surface area contributed by atoms with E-state index < -0.39 is 54.3 Å². The highest BCUT2D eigenvalue weighted by Gasteiger charge is 2.43.